The van der Waals surface area contributed by atoms with Crippen LogP contribution in [0.4, 0.5) is 10.5 Å². The van der Waals surface area contributed by atoms with Crippen LogP contribution in [0.5, 0.6) is 0 Å². The van der Waals surface area contributed by atoms with Crippen LogP contribution in [0.15, 0.2) is 30.6 Å². The minimum atomic E-state index is -0.380. The van der Waals surface area contributed by atoms with Gasteiger partial charge in [-0.25, -0.2) is 4.79 Å². The number of hydrogen-bond donors (Lipinski definition) is 1. The molecule has 7 heteroatoms. The number of pyridine rings is 1. The molecule has 0 saturated heterocycles. The van der Waals surface area contributed by atoms with Crippen molar-refractivity contribution in [3.63, 3.8) is 0 Å². The predicted molar refractivity (Wildman–Crippen MR) is 94.9 cm³/mol. The highest BCUT2D eigenvalue weighted by molar-refractivity contribution is 6.31. The molecule has 25 heavy (non-hydrogen) atoms. The summed E-state index contributed by atoms with van der Waals surface area (Å²) in [5.74, 6) is -0.235. The third-order valence-corrected chi connectivity index (χ3v) is 4.74. The molecule has 0 unspecified atom stereocenters. The van der Waals surface area contributed by atoms with Crippen molar-refractivity contribution in [2.75, 3.05) is 19.0 Å². The van der Waals surface area contributed by atoms with Gasteiger partial charge in [0.1, 0.15) is 0 Å². The minimum Gasteiger partial charge on any atom is -0.453 e. The molecule has 2 aromatic rings. The van der Waals surface area contributed by atoms with Crippen LogP contribution >= 0.6 is 11.6 Å². The molecule has 0 aliphatic carbocycles. The lowest BCUT2D eigenvalue weighted by Gasteiger charge is -2.28. The Hall–Kier alpha value is -2.60. The van der Waals surface area contributed by atoms with Crippen LogP contribution in [0.2, 0.25) is 5.02 Å². The summed E-state index contributed by atoms with van der Waals surface area (Å²) in [4.78, 5) is 30.2. The van der Waals surface area contributed by atoms with Gasteiger partial charge in [-0.3, -0.25) is 9.78 Å². The average Bonchev–Trinajstić information content (AvgIpc) is 2.63. The molecule has 1 N–H and O–H groups in total. The summed E-state index contributed by atoms with van der Waals surface area (Å²) in [5.41, 5.74) is 3.76. The van der Waals surface area contributed by atoms with E-state index in [-0.39, 0.29) is 12.0 Å². The molecule has 0 radical (unpaired) electrons. The molecular weight excluding hydrogens is 342 g/mol. The van der Waals surface area contributed by atoms with Crippen molar-refractivity contribution in [2.24, 2.45) is 0 Å². The average molecular weight is 360 g/mol. The predicted octanol–water partition coefficient (Wildman–Crippen LogP) is 3.42. The first-order chi connectivity index (χ1) is 12.0. The first-order valence-electron chi connectivity index (χ1n) is 7.86. The van der Waals surface area contributed by atoms with E-state index < -0.39 is 0 Å². The van der Waals surface area contributed by atoms with Crippen molar-refractivity contribution in [1.29, 1.82) is 0 Å². The van der Waals surface area contributed by atoms with Crippen molar-refractivity contribution in [1.82, 2.24) is 9.88 Å². The summed E-state index contributed by atoms with van der Waals surface area (Å²) in [7, 11) is 1.35. The van der Waals surface area contributed by atoms with Gasteiger partial charge in [-0.15, -0.1) is 0 Å². The fourth-order valence-corrected chi connectivity index (χ4v) is 3.08. The Labute approximate surface area is 150 Å². The number of methoxy groups -OCH3 is 1. The lowest BCUT2D eigenvalue weighted by atomic mass is 9.97. The molecule has 2 amide bonds. The fourth-order valence-electron chi connectivity index (χ4n) is 2.91. The van der Waals surface area contributed by atoms with Crippen LogP contribution in [-0.4, -0.2) is 35.5 Å². The maximum atomic E-state index is 12.7. The molecule has 0 spiro atoms. The maximum Gasteiger partial charge on any atom is 0.409 e. The Kier molecular flexibility index (Phi) is 4.90. The minimum absolute atomic E-state index is 0.235. The van der Waals surface area contributed by atoms with Crippen molar-refractivity contribution < 1.29 is 14.3 Å². The quantitative estimate of drug-likeness (QED) is 0.891. The molecule has 0 atom stereocenters. The fraction of sp³-hybridized carbons (Fsp3) is 0.278. The Morgan fingerprint density at radius 3 is 2.88 bits per heavy atom. The van der Waals surface area contributed by atoms with E-state index in [1.165, 1.54) is 7.11 Å². The number of fused-ring (bicyclic) bond motifs is 1. The smallest absolute Gasteiger partial charge is 0.409 e. The van der Waals surface area contributed by atoms with Crippen molar-refractivity contribution in [2.45, 2.75) is 19.9 Å². The zero-order chi connectivity index (χ0) is 18.0. The highest BCUT2D eigenvalue weighted by atomic mass is 35.5. The van der Waals surface area contributed by atoms with Gasteiger partial charge in [-0.1, -0.05) is 17.7 Å². The lowest BCUT2D eigenvalue weighted by Crippen LogP contribution is -2.36. The number of aromatic nitrogens is 1. The summed E-state index contributed by atoms with van der Waals surface area (Å²) in [6.45, 7) is 2.73. The Bertz CT molecular complexity index is 838. The van der Waals surface area contributed by atoms with Crippen LogP contribution in [0.3, 0.4) is 0 Å². The van der Waals surface area contributed by atoms with Gasteiger partial charge >= 0.3 is 6.09 Å². The second-order valence-corrected chi connectivity index (χ2v) is 6.24. The Balaban J connectivity index is 1.85. The van der Waals surface area contributed by atoms with E-state index in [0.29, 0.717) is 35.8 Å². The second-order valence-electron chi connectivity index (χ2n) is 5.83. The number of amides is 2. The number of benzene rings is 1. The molecule has 2 heterocycles. The highest BCUT2D eigenvalue weighted by Gasteiger charge is 2.25. The number of anilines is 1. The summed E-state index contributed by atoms with van der Waals surface area (Å²) < 4.78 is 4.76. The molecular formula is C18H18ClN3O3. The second kappa shape index (κ2) is 7.11. The highest BCUT2D eigenvalue weighted by Crippen LogP contribution is 2.26. The summed E-state index contributed by atoms with van der Waals surface area (Å²) in [6.07, 6.45) is 3.44. The van der Waals surface area contributed by atoms with Crippen LogP contribution in [0, 0.1) is 6.92 Å². The molecule has 6 nitrogen and oxygen atoms in total. The van der Waals surface area contributed by atoms with Gasteiger partial charge in [-0.2, -0.15) is 0 Å². The Morgan fingerprint density at radius 1 is 1.32 bits per heavy atom. The summed E-state index contributed by atoms with van der Waals surface area (Å²) in [5, 5.41) is 3.49. The third kappa shape index (κ3) is 3.44. The van der Waals surface area contributed by atoms with Crippen LogP contribution < -0.4 is 5.32 Å². The van der Waals surface area contributed by atoms with E-state index >= 15 is 0 Å². The van der Waals surface area contributed by atoms with Crippen LogP contribution in [0.1, 0.15) is 27.0 Å². The standard InChI is InChI=1S/C18H18ClN3O3/c1-11-15(19)4-3-5-16(11)21-17(23)14-9-20-8-12-10-22(18(24)25-2)7-6-13(12)14/h3-5,8-9H,6-7,10H2,1-2H3,(H,21,23). The number of hydrogen-bond acceptors (Lipinski definition) is 4. The van der Waals surface area contributed by atoms with E-state index in [2.05, 4.69) is 10.3 Å². The van der Waals surface area contributed by atoms with Gasteiger partial charge in [0.2, 0.25) is 0 Å². The van der Waals surface area contributed by atoms with Crippen LogP contribution in [0.25, 0.3) is 0 Å². The van der Waals surface area contributed by atoms with Crippen molar-refractivity contribution >= 4 is 29.3 Å². The number of rotatable bonds is 2. The van der Waals surface area contributed by atoms with Crippen molar-refractivity contribution in [3.8, 4) is 0 Å². The molecule has 0 saturated carbocycles. The summed E-state index contributed by atoms with van der Waals surface area (Å²) >= 11 is 6.11. The van der Waals surface area contributed by atoms with E-state index in [4.69, 9.17) is 16.3 Å². The summed E-state index contributed by atoms with van der Waals surface area (Å²) in [6, 6.07) is 5.37. The molecule has 1 aromatic heterocycles. The van der Waals surface area contributed by atoms with Gasteiger partial charge in [0.25, 0.3) is 5.91 Å². The number of halogens is 1. The topological polar surface area (TPSA) is 71.5 Å². The molecule has 130 valence electrons. The molecule has 1 aliphatic rings. The molecule has 3 rings (SSSR count). The normalized spacial score (nSPS) is 13.2. The first kappa shape index (κ1) is 17.2. The molecule has 0 bridgehead atoms. The van der Waals surface area contributed by atoms with Gasteiger partial charge < -0.3 is 15.0 Å². The molecule has 1 aliphatic heterocycles. The van der Waals surface area contributed by atoms with E-state index in [0.717, 1.165) is 16.7 Å². The number of nitrogens with one attached hydrogen (secondary N) is 1. The largest absolute Gasteiger partial charge is 0.453 e. The van der Waals surface area contributed by atoms with Gasteiger partial charge in [0, 0.05) is 29.6 Å². The SMILES string of the molecule is COC(=O)N1CCc2c(cncc2C(=O)Nc2cccc(Cl)c2C)C1. The monoisotopic (exact) mass is 359 g/mol. The van der Waals surface area contributed by atoms with Crippen molar-refractivity contribution in [3.05, 3.63) is 57.9 Å². The number of carbonyl (C=O) groups is 2. The number of nitrogens with zero attached hydrogens (tertiary/aromatic N) is 2. The Morgan fingerprint density at radius 2 is 2.12 bits per heavy atom. The van der Waals surface area contributed by atoms with Gasteiger partial charge in [-0.05, 0) is 42.2 Å². The molecule has 0 fully saturated rings. The third-order valence-electron chi connectivity index (χ3n) is 4.33. The zero-order valence-electron chi connectivity index (χ0n) is 14.0. The lowest BCUT2D eigenvalue weighted by molar-refractivity contribution is 0.102. The van der Waals surface area contributed by atoms with Gasteiger partial charge in [0.15, 0.2) is 0 Å². The van der Waals surface area contributed by atoms with E-state index in [9.17, 15) is 9.59 Å². The van der Waals surface area contributed by atoms with Crippen LogP contribution in [-0.2, 0) is 17.7 Å². The van der Waals surface area contributed by atoms with E-state index in [1.54, 1.807) is 35.5 Å². The first-order valence-corrected chi connectivity index (χ1v) is 8.24. The molecule has 1 aromatic carbocycles. The zero-order valence-corrected chi connectivity index (χ0v) is 14.8. The number of carbonyl (C=O) groups excluding carboxylic acids is 2. The maximum absolute atomic E-state index is 12.7. The van der Waals surface area contributed by atoms with Gasteiger partial charge in [0.05, 0.1) is 19.2 Å². The van der Waals surface area contributed by atoms with E-state index in [1.807, 2.05) is 6.92 Å². The number of ether oxygens (including phenoxy) is 1.